The molecule has 3 heteroatoms. The Bertz CT molecular complexity index is 173. The summed E-state index contributed by atoms with van der Waals surface area (Å²) in [5.41, 5.74) is 0. The number of aromatic hydroxyl groups is 1. The van der Waals surface area contributed by atoms with Gasteiger partial charge >= 0.3 is 51.4 Å². The molecule has 1 aromatic carbocycles. The van der Waals surface area contributed by atoms with Crippen LogP contribution in [0.3, 0.4) is 0 Å². The second-order valence-corrected chi connectivity index (χ2v) is 1.38. The van der Waals surface area contributed by atoms with Crippen molar-refractivity contribution >= 4 is 0 Å². The van der Waals surface area contributed by atoms with Gasteiger partial charge in [-0.3, -0.25) is 0 Å². The van der Waals surface area contributed by atoms with Crippen molar-refractivity contribution in [1.82, 2.24) is 0 Å². The minimum Gasteiger partial charge on any atom is -0.534 e. The van der Waals surface area contributed by atoms with Gasteiger partial charge in [0.1, 0.15) is 0 Å². The molecule has 0 aromatic heterocycles. The average Bonchev–Trinajstić information content (AvgIpc) is 1.64. The maximum atomic E-state index is 12.0. The summed E-state index contributed by atoms with van der Waals surface area (Å²) in [5, 5.41) is 8.52. The molecule has 1 rings (SSSR count). The van der Waals surface area contributed by atoms with E-state index in [-0.39, 0.29) is 57.1 Å². The summed E-state index contributed by atoms with van der Waals surface area (Å²) in [5.74, 6) is -0.699. The van der Waals surface area contributed by atoms with Crippen molar-refractivity contribution in [3.05, 3.63) is 30.1 Å². The number of benzene rings is 1. The Morgan fingerprint density at radius 3 is 2.44 bits per heavy atom. The molecule has 1 aromatic rings. The van der Waals surface area contributed by atoms with E-state index >= 15 is 0 Å². The van der Waals surface area contributed by atoms with Crippen LogP contribution in [0.2, 0.25) is 0 Å². The first-order valence-corrected chi connectivity index (χ1v) is 2.16. The van der Waals surface area contributed by atoms with Crippen LogP contribution < -0.4 is 51.4 Å². The third-order valence-corrected chi connectivity index (χ3v) is 0.744. The van der Waals surface area contributed by atoms with Crippen molar-refractivity contribution in [3.8, 4) is 5.75 Å². The van der Waals surface area contributed by atoms with E-state index in [1.807, 2.05) is 0 Å². The molecule has 0 radical (unpaired) electrons. The molecule has 1 nitrogen and oxygen atoms in total. The van der Waals surface area contributed by atoms with Gasteiger partial charge in [0.25, 0.3) is 0 Å². The molecule has 0 atom stereocenters. The Morgan fingerprint density at radius 2 is 2.11 bits per heavy atom. The Labute approximate surface area is 95.3 Å². The Morgan fingerprint density at radius 1 is 1.44 bits per heavy atom. The molecule has 42 valence electrons. The molecule has 0 aliphatic rings. The molecular weight excluding hydrogens is 146 g/mol. The van der Waals surface area contributed by atoms with Crippen LogP contribution >= 0.6 is 0 Å². The van der Waals surface area contributed by atoms with E-state index in [0.717, 1.165) is 0 Å². The average molecular weight is 150 g/mol. The zero-order chi connectivity index (χ0) is 5.98. The quantitative estimate of drug-likeness (QED) is 0.346. The molecule has 0 heterocycles. The molecule has 0 aliphatic carbocycles. The van der Waals surface area contributed by atoms with Crippen molar-refractivity contribution in [2.24, 2.45) is 0 Å². The van der Waals surface area contributed by atoms with Gasteiger partial charge in [0.2, 0.25) is 0 Å². The summed E-state index contributed by atoms with van der Waals surface area (Å²) in [6.07, 6.45) is 0. The summed E-state index contributed by atoms with van der Waals surface area (Å²) >= 11 is 0. The van der Waals surface area contributed by atoms with E-state index in [9.17, 15) is 4.39 Å². The second kappa shape index (κ2) is 4.41. The predicted octanol–water partition coefficient (Wildman–Crippen LogP) is -1.66. The van der Waals surface area contributed by atoms with E-state index in [2.05, 4.69) is 6.07 Å². The minimum atomic E-state index is -0.537. The van der Waals surface area contributed by atoms with E-state index in [4.69, 9.17) is 5.11 Å². The number of hydrogen-bond acceptors (Lipinski definition) is 1. The van der Waals surface area contributed by atoms with Gasteiger partial charge in [-0.15, -0.1) is 18.2 Å². The van der Waals surface area contributed by atoms with Gasteiger partial charge in [-0.1, -0.05) is 0 Å². The smallest absolute Gasteiger partial charge is 0.534 e. The molecule has 0 spiro atoms. The Kier molecular flexibility index (Phi) is 4.70. The fourth-order valence-corrected chi connectivity index (χ4v) is 0.429. The predicted molar refractivity (Wildman–Crippen MR) is 26.9 cm³/mol. The first-order chi connectivity index (χ1) is 3.79. The summed E-state index contributed by atoms with van der Waals surface area (Å²) in [7, 11) is 0. The molecule has 0 saturated carbocycles. The molecule has 9 heavy (non-hydrogen) atoms. The maximum absolute atomic E-state index is 12.0. The number of rotatable bonds is 0. The third-order valence-electron chi connectivity index (χ3n) is 0.744. The Hall–Kier alpha value is 0.586. The van der Waals surface area contributed by atoms with Crippen LogP contribution in [0.1, 0.15) is 0 Å². The second-order valence-electron chi connectivity index (χ2n) is 1.38. The van der Waals surface area contributed by atoms with Gasteiger partial charge in [0.05, 0.1) is 0 Å². The largest absolute Gasteiger partial charge is 1.00 e. The molecule has 0 fully saturated rings. The van der Waals surface area contributed by atoms with E-state index in [0.29, 0.717) is 0 Å². The summed E-state index contributed by atoms with van der Waals surface area (Å²) < 4.78 is 12.0. The van der Waals surface area contributed by atoms with Crippen molar-refractivity contribution in [1.29, 1.82) is 0 Å². The standard InChI is InChI=1S/C6H4FO.K/c7-5-2-1-3-6(8)4-5;/h1-3,8H;/q-1;+1. The molecule has 0 bridgehead atoms. The third kappa shape index (κ3) is 3.32. The van der Waals surface area contributed by atoms with Crippen LogP contribution in [0.25, 0.3) is 0 Å². The van der Waals surface area contributed by atoms with Gasteiger partial charge in [0.15, 0.2) is 0 Å². The van der Waals surface area contributed by atoms with Crippen LogP contribution in [0.15, 0.2) is 18.2 Å². The van der Waals surface area contributed by atoms with Gasteiger partial charge in [-0.25, -0.2) is 4.39 Å². The zero-order valence-electron chi connectivity index (χ0n) is 5.06. The van der Waals surface area contributed by atoms with Gasteiger partial charge in [-0.2, -0.15) is 6.07 Å². The monoisotopic (exact) mass is 150 g/mol. The molecule has 0 unspecified atom stereocenters. The fourth-order valence-electron chi connectivity index (χ4n) is 0.429. The van der Waals surface area contributed by atoms with Gasteiger partial charge in [0, 0.05) is 11.6 Å². The molecule has 0 aliphatic heterocycles. The molecule has 0 amide bonds. The first-order valence-electron chi connectivity index (χ1n) is 2.16. The van der Waals surface area contributed by atoms with E-state index in [1.54, 1.807) is 0 Å². The number of hydrogen-bond donors (Lipinski definition) is 1. The fraction of sp³-hybridized carbons (Fsp3) is 0. The van der Waals surface area contributed by atoms with Gasteiger partial charge < -0.3 is 5.11 Å². The van der Waals surface area contributed by atoms with Crippen LogP contribution in [-0.2, 0) is 0 Å². The van der Waals surface area contributed by atoms with Crippen LogP contribution in [0.5, 0.6) is 5.75 Å². The number of halogens is 1. The van der Waals surface area contributed by atoms with Crippen molar-refractivity contribution in [2.45, 2.75) is 0 Å². The Balaban J connectivity index is 0.000000640. The normalized spacial score (nSPS) is 8.11. The molecule has 1 N–H and O–H groups in total. The molecular formula is C6H4FKO. The number of phenols is 1. The van der Waals surface area contributed by atoms with E-state index < -0.39 is 5.82 Å². The van der Waals surface area contributed by atoms with Crippen molar-refractivity contribution < 1.29 is 60.9 Å². The minimum absolute atomic E-state index is 0. The number of phenolic OH excluding ortho intramolecular Hbond substituents is 1. The zero-order valence-corrected chi connectivity index (χ0v) is 8.18. The van der Waals surface area contributed by atoms with Crippen LogP contribution in [0, 0.1) is 11.9 Å². The SMILES string of the molecule is Oc1[c-]c(F)ccc1.[K+]. The maximum Gasteiger partial charge on any atom is 1.00 e. The summed E-state index contributed by atoms with van der Waals surface area (Å²) in [6, 6.07) is 6.06. The van der Waals surface area contributed by atoms with Gasteiger partial charge in [-0.05, 0) is 0 Å². The van der Waals surface area contributed by atoms with Crippen LogP contribution in [-0.4, -0.2) is 5.11 Å². The first kappa shape index (κ1) is 9.59. The summed E-state index contributed by atoms with van der Waals surface area (Å²) in [4.78, 5) is 0. The van der Waals surface area contributed by atoms with Crippen LogP contribution in [0.4, 0.5) is 4.39 Å². The van der Waals surface area contributed by atoms with Crippen molar-refractivity contribution in [2.75, 3.05) is 0 Å². The molecule has 0 saturated heterocycles. The summed E-state index contributed by atoms with van der Waals surface area (Å²) in [6.45, 7) is 0. The van der Waals surface area contributed by atoms with E-state index in [1.165, 1.54) is 18.2 Å². The van der Waals surface area contributed by atoms with Crippen molar-refractivity contribution in [3.63, 3.8) is 0 Å². The topological polar surface area (TPSA) is 20.2 Å².